The molecule has 0 unspecified atom stereocenters. The summed E-state index contributed by atoms with van der Waals surface area (Å²) < 4.78 is 6.62. The number of hydrogen-bond acceptors (Lipinski definition) is 4. The van der Waals surface area contributed by atoms with E-state index in [-0.39, 0.29) is 22.7 Å². The molecule has 2 aromatic carbocycles. The fraction of sp³-hybridized carbons (Fsp3) is 0.333. The number of hydrogen-bond donors (Lipinski definition) is 1. The lowest BCUT2D eigenvalue weighted by Crippen LogP contribution is -3.00. The van der Waals surface area contributed by atoms with Gasteiger partial charge in [0.15, 0.2) is 11.5 Å². The molecule has 3 aromatic rings. The monoisotopic (exact) mass is 391 g/mol. The summed E-state index contributed by atoms with van der Waals surface area (Å²) in [5.74, 6) is 0.566. The number of aromatic nitrogens is 2. The Balaban J connectivity index is 0.00000208. The lowest BCUT2D eigenvalue weighted by atomic mass is 10.2. The number of para-hydroxylation sites is 2. The zero-order valence-electron chi connectivity index (χ0n) is 14.2. The first kappa shape index (κ1) is 18.4. The van der Waals surface area contributed by atoms with Crippen LogP contribution in [0.25, 0.3) is 22.1 Å². The first-order valence-corrected chi connectivity index (χ1v) is 7.75. The van der Waals surface area contributed by atoms with Crippen LogP contribution in [0.15, 0.2) is 36.4 Å². The van der Waals surface area contributed by atoms with Crippen molar-refractivity contribution >= 4 is 22.1 Å². The second kappa shape index (κ2) is 7.32. The van der Waals surface area contributed by atoms with Gasteiger partial charge in [-0.1, -0.05) is 12.1 Å². The Bertz CT molecular complexity index is 847. The number of phenolic OH excluding ortho intramolecular Hbond substituents is 1. The molecule has 128 valence electrons. The van der Waals surface area contributed by atoms with Gasteiger partial charge in [0.2, 0.25) is 0 Å². The van der Waals surface area contributed by atoms with Crippen LogP contribution in [0.2, 0.25) is 0 Å². The maximum absolute atomic E-state index is 10.1. The average molecular weight is 392 g/mol. The van der Waals surface area contributed by atoms with E-state index in [4.69, 9.17) is 4.74 Å². The van der Waals surface area contributed by atoms with Crippen LogP contribution in [0.4, 0.5) is 0 Å². The molecule has 0 aliphatic rings. The molecular formula is C18H22BrN3O2. The number of nitrogens with zero attached hydrogens (tertiary/aromatic N) is 3. The highest BCUT2D eigenvalue weighted by Gasteiger charge is 2.10. The standard InChI is InChI=1S/C18H21N3O2.BrH/c1-21(2,3)9-6-10-23-18-12-16-15(11-17(18)22)19-13-7-4-5-8-14(13)20-16;/h4-5,7-8,11-12H,6,9-10H2,1-3H3;1H. The number of aromatic hydroxyl groups is 1. The lowest BCUT2D eigenvalue weighted by Gasteiger charge is -2.23. The lowest BCUT2D eigenvalue weighted by molar-refractivity contribution is -0.870. The van der Waals surface area contributed by atoms with Gasteiger partial charge in [0.1, 0.15) is 0 Å². The molecule has 6 heteroatoms. The number of ether oxygens (including phenoxy) is 1. The molecule has 0 radical (unpaired) electrons. The van der Waals surface area contributed by atoms with Crippen molar-refractivity contribution in [1.82, 2.24) is 9.97 Å². The SMILES string of the molecule is C[N+](C)(C)CCCOc1cc2nc3ccccc3nc2cc1O.[Br-]. The van der Waals surface area contributed by atoms with E-state index in [9.17, 15) is 5.11 Å². The third-order valence-electron chi connectivity index (χ3n) is 3.65. The third kappa shape index (κ3) is 4.33. The molecule has 0 spiro atoms. The molecule has 24 heavy (non-hydrogen) atoms. The highest BCUT2D eigenvalue weighted by atomic mass is 79.9. The van der Waals surface area contributed by atoms with Gasteiger partial charge in [-0.15, -0.1) is 0 Å². The normalized spacial score (nSPS) is 11.5. The maximum atomic E-state index is 10.1. The summed E-state index contributed by atoms with van der Waals surface area (Å²) in [6.45, 7) is 1.58. The summed E-state index contributed by atoms with van der Waals surface area (Å²) in [4.78, 5) is 9.12. The molecule has 0 saturated heterocycles. The molecule has 0 fully saturated rings. The second-order valence-corrected chi connectivity index (χ2v) is 6.74. The van der Waals surface area contributed by atoms with Crippen LogP contribution in [-0.4, -0.2) is 53.9 Å². The van der Waals surface area contributed by atoms with Crippen LogP contribution in [0.3, 0.4) is 0 Å². The number of benzene rings is 2. The zero-order chi connectivity index (χ0) is 16.4. The van der Waals surface area contributed by atoms with Crippen molar-refractivity contribution in [2.75, 3.05) is 34.3 Å². The van der Waals surface area contributed by atoms with E-state index in [1.165, 1.54) is 0 Å². The van der Waals surface area contributed by atoms with Crippen LogP contribution in [0.5, 0.6) is 11.5 Å². The van der Waals surface area contributed by atoms with Crippen molar-refractivity contribution < 1.29 is 31.3 Å². The van der Waals surface area contributed by atoms with E-state index in [2.05, 4.69) is 31.1 Å². The predicted octanol–water partition coefficient (Wildman–Crippen LogP) is -0.0323. The molecule has 1 aromatic heterocycles. The summed E-state index contributed by atoms with van der Waals surface area (Å²) >= 11 is 0. The van der Waals surface area contributed by atoms with Gasteiger partial charge in [0.25, 0.3) is 0 Å². The Kier molecular flexibility index (Phi) is 5.62. The van der Waals surface area contributed by atoms with Gasteiger partial charge in [-0.3, -0.25) is 0 Å². The number of rotatable bonds is 5. The minimum Gasteiger partial charge on any atom is -1.00 e. The summed E-state index contributed by atoms with van der Waals surface area (Å²) in [5, 5.41) is 10.1. The van der Waals surface area contributed by atoms with Crippen LogP contribution in [0.1, 0.15) is 6.42 Å². The summed E-state index contributed by atoms with van der Waals surface area (Å²) in [7, 11) is 6.44. The van der Waals surface area contributed by atoms with Crippen molar-refractivity contribution in [3.8, 4) is 11.5 Å². The van der Waals surface area contributed by atoms with E-state index in [0.29, 0.717) is 17.9 Å². The summed E-state index contributed by atoms with van der Waals surface area (Å²) in [5.41, 5.74) is 3.04. The number of halogens is 1. The Hall–Kier alpha value is -1.92. The molecule has 0 aliphatic heterocycles. The Morgan fingerprint density at radius 1 is 0.958 bits per heavy atom. The fourth-order valence-electron chi connectivity index (χ4n) is 2.48. The van der Waals surface area contributed by atoms with Crippen molar-refractivity contribution in [1.29, 1.82) is 0 Å². The molecule has 0 saturated carbocycles. The molecule has 1 N–H and O–H groups in total. The number of phenols is 1. The fourth-order valence-corrected chi connectivity index (χ4v) is 2.48. The second-order valence-electron chi connectivity index (χ2n) is 6.74. The molecule has 0 amide bonds. The van der Waals surface area contributed by atoms with Crippen LogP contribution in [0, 0.1) is 0 Å². The smallest absolute Gasteiger partial charge is 0.163 e. The molecule has 1 heterocycles. The van der Waals surface area contributed by atoms with Gasteiger partial charge >= 0.3 is 0 Å². The van der Waals surface area contributed by atoms with Crippen LogP contribution >= 0.6 is 0 Å². The van der Waals surface area contributed by atoms with E-state index < -0.39 is 0 Å². The van der Waals surface area contributed by atoms with Crippen LogP contribution < -0.4 is 21.7 Å². The summed E-state index contributed by atoms with van der Waals surface area (Å²) in [6.07, 6.45) is 0.921. The van der Waals surface area contributed by atoms with Gasteiger partial charge < -0.3 is 31.3 Å². The molecule has 5 nitrogen and oxygen atoms in total. The highest BCUT2D eigenvalue weighted by Crippen LogP contribution is 2.30. The largest absolute Gasteiger partial charge is 1.00 e. The zero-order valence-corrected chi connectivity index (χ0v) is 15.7. The summed E-state index contributed by atoms with van der Waals surface area (Å²) in [6, 6.07) is 11.1. The van der Waals surface area contributed by atoms with E-state index in [1.54, 1.807) is 12.1 Å². The van der Waals surface area contributed by atoms with Gasteiger partial charge in [-0.2, -0.15) is 0 Å². The third-order valence-corrected chi connectivity index (χ3v) is 3.65. The molecule has 3 rings (SSSR count). The number of quaternary nitrogens is 1. The van der Waals surface area contributed by atoms with Crippen LogP contribution in [-0.2, 0) is 0 Å². The van der Waals surface area contributed by atoms with E-state index in [0.717, 1.165) is 34.0 Å². The van der Waals surface area contributed by atoms with Gasteiger partial charge in [-0.25, -0.2) is 9.97 Å². The Morgan fingerprint density at radius 3 is 2.12 bits per heavy atom. The Morgan fingerprint density at radius 2 is 1.54 bits per heavy atom. The minimum absolute atomic E-state index is 0. The number of fused-ring (bicyclic) bond motifs is 2. The van der Waals surface area contributed by atoms with Crippen molar-refractivity contribution in [3.05, 3.63) is 36.4 Å². The molecule has 0 atom stereocenters. The predicted molar refractivity (Wildman–Crippen MR) is 91.7 cm³/mol. The van der Waals surface area contributed by atoms with Crippen molar-refractivity contribution in [2.24, 2.45) is 0 Å². The van der Waals surface area contributed by atoms with E-state index >= 15 is 0 Å². The first-order chi connectivity index (χ1) is 10.9. The van der Waals surface area contributed by atoms with Crippen molar-refractivity contribution in [3.63, 3.8) is 0 Å². The maximum Gasteiger partial charge on any atom is 0.163 e. The molecule has 0 aliphatic carbocycles. The van der Waals surface area contributed by atoms with Crippen molar-refractivity contribution in [2.45, 2.75) is 6.42 Å². The van der Waals surface area contributed by atoms with E-state index in [1.807, 2.05) is 24.3 Å². The highest BCUT2D eigenvalue weighted by molar-refractivity contribution is 5.87. The van der Waals surface area contributed by atoms with Gasteiger partial charge in [0.05, 0.1) is 56.4 Å². The van der Waals surface area contributed by atoms with Gasteiger partial charge in [0, 0.05) is 18.6 Å². The average Bonchev–Trinajstić information content (AvgIpc) is 2.49. The quantitative estimate of drug-likeness (QED) is 0.377. The topological polar surface area (TPSA) is 55.2 Å². The molecule has 0 bridgehead atoms. The molecular weight excluding hydrogens is 370 g/mol. The van der Waals surface area contributed by atoms with Gasteiger partial charge in [-0.05, 0) is 12.1 Å². The Labute approximate surface area is 152 Å². The first-order valence-electron chi connectivity index (χ1n) is 7.75. The minimum atomic E-state index is 0.